The summed E-state index contributed by atoms with van der Waals surface area (Å²) >= 11 is 0. The lowest BCUT2D eigenvalue weighted by molar-refractivity contribution is -0.123. The van der Waals surface area contributed by atoms with Crippen molar-refractivity contribution in [2.75, 3.05) is 0 Å². The predicted molar refractivity (Wildman–Crippen MR) is 130 cm³/mol. The van der Waals surface area contributed by atoms with Gasteiger partial charge in [-0.25, -0.2) is 0 Å². The van der Waals surface area contributed by atoms with E-state index in [9.17, 15) is 24.6 Å². The summed E-state index contributed by atoms with van der Waals surface area (Å²) in [6.07, 6.45) is 1.17. The van der Waals surface area contributed by atoms with Gasteiger partial charge in [-0.15, -0.1) is 0 Å². The molecule has 1 aromatic heterocycles. The van der Waals surface area contributed by atoms with Gasteiger partial charge in [-0.05, 0) is 39.8 Å². The lowest BCUT2D eigenvalue weighted by atomic mass is 9.70. The summed E-state index contributed by atoms with van der Waals surface area (Å²) < 4.78 is 11.1. The fourth-order valence-electron chi connectivity index (χ4n) is 4.69. The second kappa shape index (κ2) is 8.44. The van der Waals surface area contributed by atoms with Gasteiger partial charge in [0, 0.05) is 22.9 Å². The van der Waals surface area contributed by atoms with E-state index in [0.717, 1.165) is 5.56 Å². The summed E-state index contributed by atoms with van der Waals surface area (Å²) in [5.74, 6) is -2.04. The number of Topliss-reactive ketones (excluding diaryl/α,β-unsaturated/α-hetero) is 2. The number of rotatable bonds is 5. The average molecular weight is 501 g/mol. The molecular weight excluding hydrogens is 478 g/mol. The lowest BCUT2D eigenvalue weighted by Crippen LogP contribution is -2.41. The van der Waals surface area contributed by atoms with Gasteiger partial charge >= 0.3 is 0 Å². The van der Waals surface area contributed by atoms with Crippen molar-refractivity contribution in [3.63, 3.8) is 0 Å². The number of ketones is 3. The number of phenolic OH excluding ortho intramolecular Hbond substituents is 2. The lowest BCUT2D eigenvalue weighted by Gasteiger charge is -2.29. The molecule has 3 aromatic rings. The van der Waals surface area contributed by atoms with Crippen molar-refractivity contribution in [1.29, 1.82) is 0 Å². The maximum absolute atomic E-state index is 13.8. The molecule has 1 aliphatic heterocycles. The van der Waals surface area contributed by atoms with Crippen LogP contribution in [-0.2, 0) is 21.5 Å². The molecule has 10 nitrogen and oxygen atoms in total. The fraction of sp³-hybridized carbons (Fsp3) is 0.222. The van der Waals surface area contributed by atoms with Gasteiger partial charge in [-0.1, -0.05) is 23.4 Å². The molecule has 10 heteroatoms. The molecule has 1 aliphatic carbocycles. The van der Waals surface area contributed by atoms with Crippen LogP contribution >= 0.6 is 0 Å². The molecule has 0 amide bonds. The highest BCUT2D eigenvalue weighted by Crippen LogP contribution is 2.57. The van der Waals surface area contributed by atoms with Crippen LogP contribution < -0.4 is 10.1 Å². The summed E-state index contributed by atoms with van der Waals surface area (Å²) in [4.78, 5) is 43.5. The molecule has 0 spiro atoms. The van der Waals surface area contributed by atoms with Crippen LogP contribution in [0.2, 0.25) is 0 Å². The molecule has 0 unspecified atom stereocenters. The summed E-state index contributed by atoms with van der Waals surface area (Å²) in [5.41, 5.74) is -0.781. The second-order valence-electron chi connectivity index (χ2n) is 9.12. The Morgan fingerprint density at radius 2 is 1.81 bits per heavy atom. The van der Waals surface area contributed by atoms with Gasteiger partial charge in [0.05, 0.1) is 17.7 Å². The predicted octanol–water partition coefficient (Wildman–Crippen LogP) is 3.41. The first kappa shape index (κ1) is 24.0. The zero-order chi connectivity index (χ0) is 26.6. The van der Waals surface area contributed by atoms with E-state index in [1.807, 2.05) is 30.3 Å². The Morgan fingerprint density at radius 1 is 1.11 bits per heavy atom. The number of carbonyl (C=O) groups excluding carboxylic acids is 3. The Labute approximate surface area is 211 Å². The number of allylic oxidation sites excluding steroid dienone is 4. The molecule has 5 rings (SSSR count). The zero-order valence-corrected chi connectivity index (χ0v) is 20.5. The van der Waals surface area contributed by atoms with E-state index in [1.54, 1.807) is 6.92 Å². The first-order valence-electron chi connectivity index (χ1n) is 11.5. The molecule has 1 atom stereocenters. The van der Waals surface area contributed by atoms with Crippen LogP contribution in [0.1, 0.15) is 48.1 Å². The number of phenols is 2. The van der Waals surface area contributed by atoms with Crippen molar-refractivity contribution >= 4 is 17.3 Å². The number of ether oxygens (including phenoxy) is 1. The van der Waals surface area contributed by atoms with Crippen molar-refractivity contribution in [3.8, 4) is 28.7 Å². The number of fused-ring (bicyclic) bond motifs is 3. The molecule has 188 valence electrons. The fourth-order valence-corrected chi connectivity index (χ4v) is 4.69. The maximum Gasteiger partial charge on any atom is 0.257 e. The van der Waals surface area contributed by atoms with Gasteiger partial charge in [0.15, 0.2) is 23.2 Å². The number of aromatic hydroxyl groups is 2. The summed E-state index contributed by atoms with van der Waals surface area (Å²) in [5, 5.41) is 28.3. The summed E-state index contributed by atoms with van der Waals surface area (Å²) in [6.45, 7) is 5.84. The molecule has 0 bridgehead atoms. The van der Waals surface area contributed by atoms with E-state index in [4.69, 9.17) is 9.26 Å². The van der Waals surface area contributed by atoms with E-state index in [-0.39, 0.29) is 51.8 Å². The number of hydrogen-bond donors (Lipinski definition) is 3. The van der Waals surface area contributed by atoms with Gasteiger partial charge in [0.1, 0.15) is 34.0 Å². The first-order chi connectivity index (χ1) is 17.6. The minimum absolute atomic E-state index is 0.0254. The molecule has 37 heavy (non-hydrogen) atoms. The number of nitrogens with zero attached hydrogens (tertiary/aromatic N) is 2. The topological polar surface area (TPSA) is 152 Å². The van der Waals surface area contributed by atoms with E-state index < -0.39 is 28.5 Å². The Kier molecular flexibility index (Phi) is 5.47. The van der Waals surface area contributed by atoms with E-state index >= 15 is 0 Å². The Bertz CT molecular complexity index is 1570. The monoisotopic (exact) mass is 501 g/mol. The smallest absolute Gasteiger partial charge is 0.257 e. The van der Waals surface area contributed by atoms with Gasteiger partial charge in [0.25, 0.3) is 5.89 Å². The van der Waals surface area contributed by atoms with Crippen molar-refractivity contribution in [3.05, 3.63) is 76.0 Å². The van der Waals surface area contributed by atoms with Gasteiger partial charge in [0.2, 0.25) is 0 Å². The average Bonchev–Trinajstić information content (AvgIpc) is 3.45. The van der Waals surface area contributed by atoms with Crippen LogP contribution in [-0.4, -0.2) is 37.7 Å². The minimum Gasteiger partial charge on any atom is -0.507 e. The number of nitrogens with one attached hydrogen (secondary N) is 1. The van der Waals surface area contributed by atoms with Gasteiger partial charge in [-0.2, -0.15) is 4.98 Å². The van der Waals surface area contributed by atoms with Gasteiger partial charge < -0.3 is 24.8 Å². The molecule has 2 aromatic carbocycles. The van der Waals surface area contributed by atoms with Crippen molar-refractivity contribution in [2.45, 2.75) is 39.7 Å². The molecule has 2 aliphatic rings. The van der Waals surface area contributed by atoms with Gasteiger partial charge in [-0.3, -0.25) is 14.4 Å². The SMILES string of the molecule is CC(=O)c1c(O)c(C)c(O)c2c1OC1=CC(=O)C(=C(C)NCc3noc(-c4ccccc4)n3)C(=O)[C@@]12C. The number of benzene rings is 2. The molecule has 0 radical (unpaired) electrons. The van der Waals surface area contributed by atoms with Crippen LogP contribution in [0.3, 0.4) is 0 Å². The molecule has 3 N–H and O–H groups in total. The third kappa shape index (κ3) is 3.52. The molecule has 2 heterocycles. The third-order valence-corrected chi connectivity index (χ3v) is 6.76. The van der Waals surface area contributed by atoms with E-state index in [0.29, 0.717) is 11.7 Å². The molecule has 0 fully saturated rings. The van der Waals surface area contributed by atoms with Crippen molar-refractivity contribution in [2.24, 2.45) is 0 Å². The highest BCUT2D eigenvalue weighted by atomic mass is 16.5. The van der Waals surface area contributed by atoms with E-state index in [1.165, 1.54) is 26.8 Å². The number of carbonyl (C=O) groups is 3. The Balaban J connectivity index is 1.51. The summed E-state index contributed by atoms with van der Waals surface area (Å²) in [7, 11) is 0. The second-order valence-corrected chi connectivity index (χ2v) is 9.12. The van der Waals surface area contributed by atoms with Crippen molar-refractivity contribution in [1.82, 2.24) is 15.5 Å². The largest absolute Gasteiger partial charge is 0.507 e. The molecule has 0 saturated heterocycles. The standard InChI is InChI=1S/C27H23N3O7/c1-12-22(33)20(14(3)31)24-21(23(12)34)27(4)17(36-24)10-16(32)19(25(27)35)13(2)28-11-18-29-26(37-30-18)15-8-6-5-7-9-15/h5-10,28,33-34H,11H2,1-4H3/t27-/m0/s1. The van der Waals surface area contributed by atoms with Crippen LogP contribution in [0, 0.1) is 6.92 Å². The minimum atomic E-state index is -1.58. The Morgan fingerprint density at radius 3 is 2.49 bits per heavy atom. The third-order valence-electron chi connectivity index (χ3n) is 6.76. The number of aromatic nitrogens is 2. The highest BCUT2D eigenvalue weighted by molar-refractivity contribution is 6.31. The first-order valence-corrected chi connectivity index (χ1v) is 11.5. The Hall–Kier alpha value is -4.73. The van der Waals surface area contributed by atoms with Crippen molar-refractivity contribution < 1.29 is 33.9 Å². The quantitative estimate of drug-likeness (QED) is 0.269. The van der Waals surface area contributed by atoms with E-state index in [2.05, 4.69) is 15.5 Å². The van der Waals surface area contributed by atoms with Crippen LogP contribution in [0.15, 0.2) is 58.0 Å². The van der Waals surface area contributed by atoms with Crippen LogP contribution in [0.25, 0.3) is 11.5 Å². The summed E-state index contributed by atoms with van der Waals surface area (Å²) in [6, 6.07) is 9.23. The normalized spacial score (nSPS) is 19.6. The molecule has 0 saturated carbocycles. The van der Waals surface area contributed by atoms with Crippen LogP contribution in [0.5, 0.6) is 17.2 Å². The maximum atomic E-state index is 13.8. The number of hydrogen-bond acceptors (Lipinski definition) is 10. The highest BCUT2D eigenvalue weighted by Gasteiger charge is 2.56. The zero-order valence-electron chi connectivity index (χ0n) is 20.5. The molecular formula is C27H23N3O7. The van der Waals surface area contributed by atoms with Crippen LogP contribution in [0.4, 0.5) is 0 Å².